The van der Waals surface area contributed by atoms with Gasteiger partial charge < -0.3 is 5.32 Å². The number of nitrogens with one attached hydrogen (secondary N) is 2. The Labute approximate surface area is 119 Å². The molecule has 1 aromatic heterocycles. The number of thiazole rings is 1. The van der Waals surface area contributed by atoms with Crippen molar-refractivity contribution in [3.8, 4) is 0 Å². The molecule has 0 aliphatic heterocycles. The second kappa shape index (κ2) is 7.21. The van der Waals surface area contributed by atoms with Crippen LogP contribution >= 0.6 is 11.3 Å². The molecule has 0 fully saturated rings. The highest BCUT2D eigenvalue weighted by molar-refractivity contribution is 7.93. The van der Waals surface area contributed by atoms with E-state index in [4.69, 9.17) is 0 Å². The third-order valence-corrected chi connectivity index (χ3v) is 5.61. The lowest BCUT2D eigenvalue weighted by molar-refractivity contribution is 0.575. The van der Waals surface area contributed by atoms with E-state index >= 15 is 0 Å². The Morgan fingerprint density at radius 3 is 2.58 bits per heavy atom. The maximum Gasteiger partial charge on any atom is 0.238 e. The first-order chi connectivity index (χ1) is 8.90. The van der Waals surface area contributed by atoms with Gasteiger partial charge in [0.25, 0.3) is 0 Å². The summed E-state index contributed by atoms with van der Waals surface area (Å²) in [6.07, 6.45) is 1.81. The van der Waals surface area contributed by atoms with Crippen LogP contribution in [0.2, 0.25) is 0 Å². The molecule has 0 radical (unpaired) electrons. The normalized spacial score (nSPS) is 13.5. The Balaban J connectivity index is 2.67. The van der Waals surface area contributed by atoms with Crippen LogP contribution in [0.15, 0.2) is 0 Å². The topological polar surface area (TPSA) is 71.1 Å². The predicted octanol–water partition coefficient (Wildman–Crippen LogP) is 2.14. The van der Waals surface area contributed by atoms with E-state index in [2.05, 4.69) is 21.9 Å². The lowest BCUT2D eigenvalue weighted by Gasteiger charge is -2.13. The number of rotatable bonds is 8. The standard InChI is InChI=1S/C12H23N3O2S2/c1-5-7-13-8-9(3)19(16,17)15-12-14-11(6-2)10(4)18-12/h9,13H,5-8H2,1-4H3,(H,14,15). The van der Waals surface area contributed by atoms with Gasteiger partial charge in [-0.1, -0.05) is 13.8 Å². The van der Waals surface area contributed by atoms with Crippen molar-refractivity contribution in [2.24, 2.45) is 0 Å². The highest BCUT2D eigenvalue weighted by Gasteiger charge is 2.22. The van der Waals surface area contributed by atoms with Crippen LogP contribution in [0.1, 0.15) is 37.8 Å². The Morgan fingerprint density at radius 2 is 2.05 bits per heavy atom. The summed E-state index contributed by atoms with van der Waals surface area (Å²) in [5.41, 5.74) is 0.958. The largest absolute Gasteiger partial charge is 0.315 e. The van der Waals surface area contributed by atoms with E-state index in [9.17, 15) is 8.42 Å². The molecule has 0 saturated carbocycles. The first kappa shape index (κ1) is 16.4. The average molecular weight is 305 g/mol. The molecule has 0 bridgehead atoms. The molecule has 1 rings (SSSR count). The Morgan fingerprint density at radius 1 is 1.37 bits per heavy atom. The molecule has 0 amide bonds. The van der Waals surface area contributed by atoms with Gasteiger partial charge in [-0.15, -0.1) is 11.3 Å². The van der Waals surface area contributed by atoms with Crippen molar-refractivity contribution in [3.05, 3.63) is 10.6 Å². The Kier molecular flexibility index (Phi) is 6.22. The van der Waals surface area contributed by atoms with E-state index in [1.165, 1.54) is 11.3 Å². The van der Waals surface area contributed by atoms with Crippen LogP contribution in [0.5, 0.6) is 0 Å². The number of anilines is 1. The van der Waals surface area contributed by atoms with E-state index in [0.29, 0.717) is 11.7 Å². The maximum absolute atomic E-state index is 12.1. The van der Waals surface area contributed by atoms with Crippen LogP contribution in [-0.2, 0) is 16.4 Å². The van der Waals surface area contributed by atoms with Crippen molar-refractivity contribution in [1.29, 1.82) is 0 Å². The summed E-state index contributed by atoms with van der Waals surface area (Å²) >= 11 is 1.39. The minimum Gasteiger partial charge on any atom is -0.315 e. The summed E-state index contributed by atoms with van der Waals surface area (Å²) in [7, 11) is -3.37. The molecule has 0 aliphatic rings. The molecule has 1 heterocycles. The molecular formula is C12H23N3O2S2. The summed E-state index contributed by atoms with van der Waals surface area (Å²) in [6, 6.07) is 0. The van der Waals surface area contributed by atoms with Gasteiger partial charge in [0.2, 0.25) is 10.0 Å². The number of hydrogen-bond donors (Lipinski definition) is 2. The minimum absolute atomic E-state index is 0.453. The fraction of sp³-hybridized carbons (Fsp3) is 0.750. The van der Waals surface area contributed by atoms with Crippen LogP contribution in [0.25, 0.3) is 0 Å². The fourth-order valence-electron chi connectivity index (χ4n) is 1.61. The first-order valence-corrected chi connectivity index (χ1v) is 8.95. The van der Waals surface area contributed by atoms with Gasteiger partial charge in [0.05, 0.1) is 10.9 Å². The molecule has 7 heteroatoms. The van der Waals surface area contributed by atoms with Crippen LogP contribution in [0.3, 0.4) is 0 Å². The van der Waals surface area contributed by atoms with E-state index in [-0.39, 0.29) is 0 Å². The molecule has 1 unspecified atom stereocenters. The smallest absolute Gasteiger partial charge is 0.238 e. The first-order valence-electron chi connectivity index (χ1n) is 6.59. The second-order valence-electron chi connectivity index (χ2n) is 4.54. The zero-order valence-electron chi connectivity index (χ0n) is 12.0. The van der Waals surface area contributed by atoms with Gasteiger partial charge in [-0.25, -0.2) is 13.4 Å². The van der Waals surface area contributed by atoms with Crippen molar-refractivity contribution in [3.63, 3.8) is 0 Å². The molecule has 0 spiro atoms. The summed E-state index contributed by atoms with van der Waals surface area (Å²) in [5.74, 6) is 0. The van der Waals surface area contributed by atoms with Gasteiger partial charge in [-0.3, -0.25) is 4.72 Å². The molecule has 1 aromatic rings. The molecule has 5 nitrogen and oxygen atoms in total. The quantitative estimate of drug-likeness (QED) is 0.722. The monoisotopic (exact) mass is 305 g/mol. The SMILES string of the molecule is CCCNCC(C)S(=O)(=O)Nc1nc(CC)c(C)s1. The number of sulfonamides is 1. The minimum atomic E-state index is -3.37. The highest BCUT2D eigenvalue weighted by Crippen LogP contribution is 2.23. The summed E-state index contributed by atoms with van der Waals surface area (Å²) in [6.45, 7) is 9.00. The van der Waals surface area contributed by atoms with Gasteiger partial charge >= 0.3 is 0 Å². The van der Waals surface area contributed by atoms with Crippen LogP contribution in [-0.4, -0.2) is 31.7 Å². The third-order valence-electron chi connectivity index (χ3n) is 2.85. The predicted molar refractivity (Wildman–Crippen MR) is 81.4 cm³/mol. The highest BCUT2D eigenvalue weighted by atomic mass is 32.2. The molecule has 1 atom stereocenters. The van der Waals surface area contributed by atoms with Gasteiger partial charge in [0, 0.05) is 11.4 Å². The fourth-order valence-corrected chi connectivity index (χ4v) is 3.71. The van der Waals surface area contributed by atoms with E-state index in [1.54, 1.807) is 6.92 Å². The summed E-state index contributed by atoms with van der Waals surface area (Å²) in [5, 5.41) is 3.11. The van der Waals surface area contributed by atoms with Crippen LogP contribution in [0.4, 0.5) is 5.13 Å². The molecule has 0 saturated heterocycles. The van der Waals surface area contributed by atoms with Gasteiger partial charge in [0.15, 0.2) is 5.13 Å². The summed E-state index contributed by atoms with van der Waals surface area (Å²) < 4.78 is 26.8. The molecule has 0 aromatic carbocycles. The van der Waals surface area contributed by atoms with Crippen LogP contribution in [0, 0.1) is 6.92 Å². The van der Waals surface area contributed by atoms with Crippen LogP contribution < -0.4 is 10.0 Å². The second-order valence-corrected chi connectivity index (χ2v) is 7.84. The Bertz CT molecular complexity index is 497. The van der Waals surface area contributed by atoms with Gasteiger partial charge in [0.1, 0.15) is 0 Å². The molecule has 19 heavy (non-hydrogen) atoms. The maximum atomic E-state index is 12.1. The Hall–Kier alpha value is -0.660. The lowest BCUT2D eigenvalue weighted by atomic mass is 10.3. The average Bonchev–Trinajstić information content (AvgIpc) is 2.68. The van der Waals surface area contributed by atoms with Crippen molar-refractivity contribution >= 4 is 26.5 Å². The molecular weight excluding hydrogens is 282 g/mol. The number of hydrogen-bond acceptors (Lipinski definition) is 5. The van der Waals surface area contributed by atoms with E-state index in [1.807, 2.05) is 13.8 Å². The van der Waals surface area contributed by atoms with E-state index in [0.717, 1.165) is 30.0 Å². The molecule has 0 aliphatic carbocycles. The lowest BCUT2D eigenvalue weighted by Crippen LogP contribution is -2.35. The molecule has 2 N–H and O–H groups in total. The van der Waals surface area contributed by atoms with Crippen molar-refractivity contribution in [2.45, 2.75) is 45.8 Å². The van der Waals surface area contributed by atoms with Gasteiger partial charge in [-0.05, 0) is 33.2 Å². The number of nitrogens with zero attached hydrogens (tertiary/aromatic N) is 1. The van der Waals surface area contributed by atoms with Crippen molar-refractivity contribution < 1.29 is 8.42 Å². The van der Waals surface area contributed by atoms with Crippen molar-refractivity contribution in [2.75, 3.05) is 17.8 Å². The van der Waals surface area contributed by atoms with Gasteiger partial charge in [-0.2, -0.15) is 0 Å². The van der Waals surface area contributed by atoms with E-state index < -0.39 is 15.3 Å². The molecule has 110 valence electrons. The third kappa shape index (κ3) is 4.74. The zero-order chi connectivity index (χ0) is 14.5. The number of aryl methyl sites for hydroxylation is 2. The zero-order valence-corrected chi connectivity index (χ0v) is 13.6. The summed E-state index contributed by atoms with van der Waals surface area (Å²) in [4.78, 5) is 5.37. The van der Waals surface area contributed by atoms with Crippen molar-refractivity contribution in [1.82, 2.24) is 10.3 Å². The number of aromatic nitrogens is 1.